The Balaban J connectivity index is 1.61. The van der Waals surface area contributed by atoms with Crippen molar-refractivity contribution in [1.82, 2.24) is 4.57 Å². The van der Waals surface area contributed by atoms with Crippen molar-refractivity contribution in [2.75, 3.05) is 5.32 Å². The molecule has 6 heteroatoms. The molecular formula is C20H16Cl2N2O2. The standard InChI is InChI=1S/C20H16Cl2N2O2/c21-15-5-3-6-16(19(15)22)23-18(25)11-24-10-14(20(26)12-8-9-12)13-4-1-2-7-17(13)24/h1-7,10,12H,8-9,11H2,(H,23,25). The number of ketones is 1. The SMILES string of the molecule is O=C(Cn1cc(C(=O)C2CC2)c2ccccc21)Nc1cccc(Cl)c1Cl. The lowest BCUT2D eigenvalue weighted by atomic mass is 10.1. The molecule has 1 saturated carbocycles. The van der Waals surface area contributed by atoms with Crippen LogP contribution >= 0.6 is 23.2 Å². The average molecular weight is 387 g/mol. The molecule has 1 aliphatic carbocycles. The molecule has 0 unspecified atom stereocenters. The maximum absolute atomic E-state index is 12.5. The van der Waals surface area contributed by atoms with Crippen molar-refractivity contribution in [3.05, 3.63) is 64.3 Å². The molecule has 1 fully saturated rings. The number of benzene rings is 2. The predicted octanol–water partition coefficient (Wildman–Crippen LogP) is 5.18. The Morgan fingerprint density at radius 1 is 1.08 bits per heavy atom. The van der Waals surface area contributed by atoms with Gasteiger partial charge in [0.2, 0.25) is 5.91 Å². The Bertz CT molecular complexity index is 1020. The van der Waals surface area contributed by atoms with Gasteiger partial charge in [0.25, 0.3) is 0 Å². The molecule has 0 saturated heterocycles. The maximum atomic E-state index is 12.5. The summed E-state index contributed by atoms with van der Waals surface area (Å²) in [6.45, 7) is 0.0846. The van der Waals surface area contributed by atoms with Gasteiger partial charge < -0.3 is 9.88 Å². The van der Waals surface area contributed by atoms with Gasteiger partial charge >= 0.3 is 0 Å². The van der Waals surface area contributed by atoms with E-state index in [1.165, 1.54) is 0 Å². The second-order valence-corrected chi connectivity index (χ2v) is 7.26. The predicted molar refractivity (Wildman–Crippen MR) is 104 cm³/mol. The highest BCUT2D eigenvalue weighted by molar-refractivity contribution is 6.44. The van der Waals surface area contributed by atoms with Crippen molar-refractivity contribution in [1.29, 1.82) is 0 Å². The van der Waals surface area contributed by atoms with Gasteiger partial charge in [0.1, 0.15) is 6.54 Å². The molecule has 1 N–H and O–H groups in total. The molecule has 0 bridgehead atoms. The van der Waals surface area contributed by atoms with E-state index >= 15 is 0 Å². The fraction of sp³-hybridized carbons (Fsp3) is 0.200. The third-order valence-corrected chi connectivity index (χ3v) is 5.36. The number of amides is 1. The fourth-order valence-corrected chi connectivity index (χ4v) is 3.43. The second-order valence-electron chi connectivity index (χ2n) is 6.48. The van der Waals surface area contributed by atoms with Crippen molar-refractivity contribution in [2.45, 2.75) is 19.4 Å². The van der Waals surface area contributed by atoms with E-state index in [1.54, 1.807) is 29.0 Å². The quantitative estimate of drug-likeness (QED) is 0.614. The smallest absolute Gasteiger partial charge is 0.244 e. The number of fused-ring (bicyclic) bond motifs is 1. The summed E-state index contributed by atoms with van der Waals surface area (Å²) in [5.41, 5.74) is 2.02. The van der Waals surface area contributed by atoms with Gasteiger partial charge in [-0.2, -0.15) is 0 Å². The van der Waals surface area contributed by atoms with Gasteiger partial charge in [-0.15, -0.1) is 0 Å². The van der Waals surface area contributed by atoms with Gasteiger partial charge in [-0.25, -0.2) is 0 Å². The Labute approximate surface area is 160 Å². The number of hydrogen-bond acceptors (Lipinski definition) is 2. The van der Waals surface area contributed by atoms with E-state index in [2.05, 4.69) is 5.32 Å². The number of para-hydroxylation sites is 1. The Morgan fingerprint density at radius 3 is 2.62 bits per heavy atom. The second kappa shape index (κ2) is 6.78. The monoisotopic (exact) mass is 386 g/mol. The third kappa shape index (κ3) is 3.22. The molecule has 1 aromatic heterocycles. The van der Waals surface area contributed by atoms with Crippen molar-refractivity contribution in [3.63, 3.8) is 0 Å². The van der Waals surface area contributed by atoms with Crippen LogP contribution in [0.3, 0.4) is 0 Å². The van der Waals surface area contributed by atoms with E-state index in [1.807, 2.05) is 24.3 Å². The molecule has 4 nitrogen and oxygen atoms in total. The molecule has 0 atom stereocenters. The van der Waals surface area contributed by atoms with Gasteiger partial charge in [0, 0.05) is 28.6 Å². The van der Waals surface area contributed by atoms with Crippen molar-refractivity contribution in [2.24, 2.45) is 5.92 Å². The van der Waals surface area contributed by atoms with E-state index in [-0.39, 0.29) is 24.2 Å². The third-order valence-electron chi connectivity index (χ3n) is 4.54. The summed E-state index contributed by atoms with van der Waals surface area (Å²) in [5, 5.41) is 4.36. The number of nitrogens with one attached hydrogen (secondary N) is 1. The summed E-state index contributed by atoms with van der Waals surface area (Å²) in [5.74, 6) is 0.0620. The first kappa shape index (κ1) is 17.1. The molecule has 26 heavy (non-hydrogen) atoms. The molecule has 1 amide bonds. The molecule has 2 aromatic carbocycles. The zero-order chi connectivity index (χ0) is 18.3. The number of nitrogens with zero attached hydrogens (tertiary/aromatic N) is 1. The maximum Gasteiger partial charge on any atom is 0.244 e. The number of aromatic nitrogens is 1. The number of carbonyl (C=O) groups is 2. The van der Waals surface area contributed by atoms with E-state index < -0.39 is 0 Å². The minimum absolute atomic E-state index is 0.0846. The number of anilines is 1. The summed E-state index contributed by atoms with van der Waals surface area (Å²) in [6.07, 6.45) is 3.68. The van der Waals surface area contributed by atoms with Gasteiger partial charge in [0.05, 0.1) is 15.7 Å². The summed E-state index contributed by atoms with van der Waals surface area (Å²) in [4.78, 5) is 25.0. The number of carbonyl (C=O) groups excluding carboxylic acids is 2. The average Bonchev–Trinajstić information content (AvgIpc) is 3.42. The first-order chi connectivity index (χ1) is 12.5. The van der Waals surface area contributed by atoms with E-state index in [0.717, 1.165) is 23.7 Å². The van der Waals surface area contributed by atoms with Crippen LogP contribution in [0.5, 0.6) is 0 Å². The topological polar surface area (TPSA) is 51.1 Å². The first-order valence-electron chi connectivity index (χ1n) is 8.40. The normalized spacial score (nSPS) is 13.8. The lowest BCUT2D eigenvalue weighted by Gasteiger charge is -2.09. The van der Waals surface area contributed by atoms with E-state index in [4.69, 9.17) is 23.2 Å². The molecule has 1 aliphatic rings. The highest BCUT2D eigenvalue weighted by Crippen LogP contribution is 2.35. The number of Topliss-reactive ketones (excluding diaryl/α,β-unsaturated/α-hetero) is 1. The Morgan fingerprint density at radius 2 is 1.85 bits per heavy atom. The Hall–Kier alpha value is -2.30. The molecule has 4 rings (SSSR count). The van der Waals surface area contributed by atoms with Crippen molar-refractivity contribution < 1.29 is 9.59 Å². The number of halogens is 2. The summed E-state index contributed by atoms with van der Waals surface area (Å²) < 4.78 is 1.80. The molecule has 0 aliphatic heterocycles. The van der Waals surface area contributed by atoms with Crippen LogP contribution in [0.1, 0.15) is 23.2 Å². The summed E-state index contributed by atoms with van der Waals surface area (Å²) in [7, 11) is 0. The van der Waals surface area contributed by atoms with Crippen molar-refractivity contribution >= 4 is 51.5 Å². The van der Waals surface area contributed by atoms with Crippen LogP contribution in [-0.2, 0) is 11.3 Å². The molecule has 132 valence electrons. The van der Waals surface area contributed by atoms with Gasteiger partial charge in [0.15, 0.2) is 5.78 Å². The molecule has 0 spiro atoms. The highest BCUT2D eigenvalue weighted by atomic mass is 35.5. The Kier molecular flexibility index (Phi) is 4.47. The van der Waals surface area contributed by atoms with Crippen LogP contribution in [0.15, 0.2) is 48.7 Å². The number of rotatable bonds is 5. The lowest BCUT2D eigenvalue weighted by molar-refractivity contribution is -0.116. The van der Waals surface area contributed by atoms with Crippen LogP contribution in [0.2, 0.25) is 10.0 Å². The summed E-state index contributed by atoms with van der Waals surface area (Å²) >= 11 is 12.1. The van der Waals surface area contributed by atoms with Crippen molar-refractivity contribution in [3.8, 4) is 0 Å². The van der Waals surface area contributed by atoms with Crippen LogP contribution < -0.4 is 5.32 Å². The zero-order valence-electron chi connectivity index (χ0n) is 13.8. The van der Waals surface area contributed by atoms with E-state index in [9.17, 15) is 9.59 Å². The summed E-state index contributed by atoms with van der Waals surface area (Å²) in [6, 6.07) is 12.7. The number of hydrogen-bond donors (Lipinski definition) is 1. The van der Waals surface area contributed by atoms with E-state index in [0.29, 0.717) is 21.3 Å². The lowest BCUT2D eigenvalue weighted by Crippen LogP contribution is -2.18. The van der Waals surface area contributed by atoms with Crippen LogP contribution in [-0.4, -0.2) is 16.3 Å². The zero-order valence-corrected chi connectivity index (χ0v) is 15.3. The molecular weight excluding hydrogens is 371 g/mol. The highest BCUT2D eigenvalue weighted by Gasteiger charge is 2.32. The molecule has 0 radical (unpaired) electrons. The van der Waals surface area contributed by atoms with Gasteiger partial charge in [-0.1, -0.05) is 47.5 Å². The van der Waals surface area contributed by atoms with Crippen LogP contribution in [0.4, 0.5) is 5.69 Å². The van der Waals surface area contributed by atoms with Gasteiger partial charge in [-0.05, 0) is 31.0 Å². The fourth-order valence-electron chi connectivity index (χ4n) is 3.08. The minimum Gasteiger partial charge on any atom is -0.337 e. The largest absolute Gasteiger partial charge is 0.337 e. The van der Waals surface area contributed by atoms with Crippen LogP contribution in [0.25, 0.3) is 10.9 Å². The molecule has 3 aromatic rings. The minimum atomic E-state index is -0.236. The van der Waals surface area contributed by atoms with Gasteiger partial charge in [-0.3, -0.25) is 9.59 Å². The molecule has 1 heterocycles. The first-order valence-corrected chi connectivity index (χ1v) is 9.16. The van der Waals surface area contributed by atoms with Crippen LogP contribution in [0, 0.1) is 5.92 Å².